The molecule has 6 rings (SSSR count). The standard InChI is InChI=1S/C29H29N7O/c1-29(2,3)33-23-15-21(16-31-28(23)37-4)26-32-27(35-17-20-11-8-13-30-24(20)18-35)25-22(12-14-36(25)34-26)19-9-6-5-7-10-19/h5-16,33H,17-18H2,1-4H3. The molecule has 5 heterocycles. The number of hydrogen-bond acceptors (Lipinski definition) is 7. The quantitative estimate of drug-likeness (QED) is 0.343. The van der Waals surface area contributed by atoms with Crippen LogP contribution in [0.25, 0.3) is 28.0 Å². The molecule has 1 aromatic carbocycles. The predicted octanol–water partition coefficient (Wildman–Crippen LogP) is 5.59. The number of rotatable bonds is 5. The van der Waals surface area contributed by atoms with E-state index in [0.717, 1.165) is 46.0 Å². The molecule has 5 aromatic rings. The molecule has 8 nitrogen and oxygen atoms in total. The van der Waals surface area contributed by atoms with Crippen LogP contribution in [-0.2, 0) is 13.1 Å². The first kappa shape index (κ1) is 23.0. The van der Waals surface area contributed by atoms with Gasteiger partial charge in [-0.2, -0.15) is 0 Å². The van der Waals surface area contributed by atoms with Crippen molar-refractivity contribution in [3.05, 3.63) is 84.4 Å². The Bertz CT molecular complexity index is 1560. The van der Waals surface area contributed by atoms with Gasteiger partial charge in [-0.3, -0.25) is 4.98 Å². The Labute approximate surface area is 216 Å². The molecule has 1 N–H and O–H groups in total. The average Bonchev–Trinajstić information content (AvgIpc) is 3.52. The highest BCUT2D eigenvalue weighted by Crippen LogP contribution is 2.37. The van der Waals surface area contributed by atoms with E-state index in [1.807, 2.05) is 35.1 Å². The molecule has 186 valence electrons. The number of hydrogen-bond donors (Lipinski definition) is 1. The second-order valence-corrected chi connectivity index (χ2v) is 10.3. The van der Waals surface area contributed by atoms with E-state index in [4.69, 9.17) is 14.8 Å². The summed E-state index contributed by atoms with van der Waals surface area (Å²) in [6.45, 7) is 7.74. The third-order valence-electron chi connectivity index (χ3n) is 6.38. The van der Waals surface area contributed by atoms with Crippen molar-refractivity contribution in [3.8, 4) is 28.4 Å². The fraction of sp³-hybridized carbons (Fsp3) is 0.241. The molecular weight excluding hydrogens is 462 g/mol. The Kier molecular flexibility index (Phi) is 5.52. The molecule has 0 unspecified atom stereocenters. The minimum absolute atomic E-state index is 0.164. The third kappa shape index (κ3) is 4.35. The fourth-order valence-electron chi connectivity index (χ4n) is 4.78. The molecule has 0 spiro atoms. The van der Waals surface area contributed by atoms with Crippen LogP contribution in [0.15, 0.2) is 73.2 Å². The average molecular weight is 492 g/mol. The zero-order chi connectivity index (χ0) is 25.6. The maximum atomic E-state index is 5.51. The molecule has 0 saturated heterocycles. The Morgan fingerprint density at radius 1 is 0.946 bits per heavy atom. The Hall–Kier alpha value is -4.46. The number of pyridine rings is 2. The molecule has 4 aromatic heterocycles. The predicted molar refractivity (Wildman–Crippen MR) is 146 cm³/mol. The number of anilines is 2. The van der Waals surface area contributed by atoms with Crippen LogP contribution in [-0.4, -0.2) is 37.2 Å². The third-order valence-corrected chi connectivity index (χ3v) is 6.38. The smallest absolute Gasteiger partial charge is 0.237 e. The molecule has 0 aliphatic carbocycles. The van der Waals surface area contributed by atoms with Crippen molar-refractivity contribution in [2.24, 2.45) is 0 Å². The minimum atomic E-state index is -0.164. The molecule has 0 bridgehead atoms. The van der Waals surface area contributed by atoms with Gasteiger partial charge in [-0.25, -0.2) is 14.5 Å². The van der Waals surface area contributed by atoms with Gasteiger partial charge in [0.2, 0.25) is 5.88 Å². The maximum Gasteiger partial charge on any atom is 0.237 e. The van der Waals surface area contributed by atoms with Crippen molar-refractivity contribution in [3.63, 3.8) is 0 Å². The zero-order valence-electron chi connectivity index (χ0n) is 21.4. The van der Waals surface area contributed by atoms with Crippen molar-refractivity contribution in [2.75, 3.05) is 17.3 Å². The summed E-state index contributed by atoms with van der Waals surface area (Å²) >= 11 is 0. The number of fused-ring (bicyclic) bond motifs is 2. The van der Waals surface area contributed by atoms with Crippen LogP contribution in [0.5, 0.6) is 5.88 Å². The van der Waals surface area contributed by atoms with Gasteiger partial charge in [-0.05, 0) is 50.1 Å². The van der Waals surface area contributed by atoms with E-state index in [1.165, 1.54) is 5.56 Å². The number of ether oxygens (including phenoxy) is 1. The summed E-state index contributed by atoms with van der Waals surface area (Å²) in [6.07, 6.45) is 5.61. The highest BCUT2D eigenvalue weighted by molar-refractivity contribution is 5.89. The zero-order valence-corrected chi connectivity index (χ0v) is 21.4. The van der Waals surface area contributed by atoms with Gasteiger partial charge in [-0.15, -0.1) is 5.10 Å². The Morgan fingerprint density at radius 3 is 2.54 bits per heavy atom. The van der Waals surface area contributed by atoms with E-state index in [9.17, 15) is 0 Å². The van der Waals surface area contributed by atoms with Crippen LogP contribution in [0.3, 0.4) is 0 Å². The first-order chi connectivity index (χ1) is 17.9. The summed E-state index contributed by atoms with van der Waals surface area (Å²) in [5, 5.41) is 8.41. The molecule has 0 atom stereocenters. The minimum Gasteiger partial charge on any atom is -0.480 e. The Balaban J connectivity index is 1.52. The van der Waals surface area contributed by atoms with Gasteiger partial charge in [0.15, 0.2) is 11.6 Å². The van der Waals surface area contributed by atoms with E-state index >= 15 is 0 Å². The lowest BCUT2D eigenvalue weighted by molar-refractivity contribution is 0.398. The molecule has 37 heavy (non-hydrogen) atoms. The normalized spacial score (nSPS) is 13.1. The first-order valence-electron chi connectivity index (χ1n) is 12.3. The molecule has 0 radical (unpaired) electrons. The van der Waals surface area contributed by atoms with Crippen molar-refractivity contribution < 1.29 is 4.74 Å². The van der Waals surface area contributed by atoms with Crippen LogP contribution in [0, 0.1) is 0 Å². The van der Waals surface area contributed by atoms with Gasteiger partial charge in [0.05, 0.1) is 25.0 Å². The van der Waals surface area contributed by atoms with Gasteiger partial charge < -0.3 is 15.0 Å². The second kappa shape index (κ2) is 8.89. The summed E-state index contributed by atoms with van der Waals surface area (Å²) in [5.41, 5.74) is 6.93. The van der Waals surface area contributed by atoms with E-state index in [1.54, 1.807) is 13.3 Å². The summed E-state index contributed by atoms with van der Waals surface area (Å²) < 4.78 is 7.44. The molecule has 0 fully saturated rings. The van der Waals surface area contributed by atoms with E-state index in [2.05, 4.69) is 77.4 Å². The maximum absolute atomic E-state index is 5.51. The van der Waals surface area contributed by atoms with Crippen molar-refractivity contribution >= 4 is 17.0 Å². The lowest BCUT2D eigenvalue weighted by atomic mass is 10.1. The number of nitrogens with zero attached hydrogens (tertiary/aromatic N) is 6. The summed E-state index contributed by atoms with van der Waals surface area (Å²) in [5.74, 6) is 2.00. The number of methoxy groups -OCH3 is 1. The van der Waals surface area contributed by atoms with Gasteiger partial charge >= 0.3 is 0 Å². The van der Waals surface area contributed by atoms with Gasteiger partial charge in [0.1, 0.15) is 5.52 Å². The van der Waals surface area contributed by atoms with E-state index < -0.39 is 0 Å². The first-order valence-corrected chi connectivity index (χ1v) is 12.3. The summed E-state index contributed by atoms with van der Waals surface area (Å²) in [4.78, 5) is 16.6. The van der Waals surface area contributed by atoms with E-state index in [-0.39, 0.29) is 5.54 Å². The van der Waals surface area contributed by atoms with Crippen molar-refractivity contribution in [1.82, 2.24) is 24.6 Å². The molecule has 0 amide bonds. The van der Waals surface area contributed by atoms with Crippen LogP contribution in [0.1, 0.15) is 32.0 Å². The highest BCUT2D eigenvalue weighted by atomic mass is 16.5. The molecular formula is C29H29N7O. The van der Waals surface area contributed by atoms with Gasteiger partial charge in [0.25, 0.3) is 0 Å². The number of aromatic nitrogens is 5. The van der Waals surface area contributed by atoms with Crippen LogP contribution >= 0.6 is 0 Å². The van der Waals surface area contributed by atoms with Crippen LogP contribution in [0.2, 0.25) is 0 Å². The molecule has 8 heteroatoms. The van der Waals surface area contributed by atoms with Crippen LogP contribution < -0.4 is 15.0 Å². The fourth-order valence-corrected chi connectivity index (χ4v) is 4.78. The topological polar surface area (TPSA) is 80.5 Å². The molecule has 1 aliphatic rings. The highest BCUT2D eigenvalue weighted by Gasteiger charge is 2.26. The van der Waals surface area contributed by atoms with Crippen molar-refractivity contribution in [1.29, 1.82) is 0 Å². The Morgan fingerprint density at radius 2 is 1.78 bits per heavy atom. The van der Waals surface area contributed by atoms with Crippen molar-refractivity contribution in [2.45, 2.75) is 39.4 Å². The van der Waals surface area contributed by atoms with Gasteiger partial charge in [0, 0.05) is 41.8 Å². The summed E-state index contributed by atoms with van der Waals surface area (Å²) in [6, 6.07) is 18.6. The van der Waals surface area contributed by atoms with E-state index in [0.29, 0.717) is 18.2 Å². The SMILES string of the molecule is COc1ncc(-c2nc(N3Cc4cccnc4C3)c3c(-c4ccccc4)ccn3n2)cc1NC(C)(C)C. The second-order valence-electron chi connectivity index (χ2n) is 10.3. The largest absolute Gasteiger partial charge is 0.480 e. The summed E-state index contributed by atoms with van der Waals surface area (Å²) in [7, 11) is 1.63. The molecule has 1 aliphatic heterocycles. The van der Waals surface area contributed by atoms with Gasteiger partial charge in [-0.1, -0.05) is 36.4 Å². The lowest BCUT2D eigenvalue weighted by Crippen LogP contribution is -2.26. The number of benzene rings is 1. The monoisotopic (exact) mass is 491 g/mol. The number of nitrogens with one attached hydrogen (secondary N) is 1. The lowest BCUT2D eigenvalue weighted by Gasteiger charge is -2.23. The van der Waals surface area contributed by atoms with Crippen LogP contribution in [0.4, 0.5) is 11.5 Å². The molecule has 0 saturated carbocycles.